The van der Waals surface area contributed by atoms with E-state index in [9.17, 15) is 0 Å². The molecule has 3 heterocycles. The largest absolute Gasteiger partial charge is 0.341 e. The molecule has 1 saturated heterocycles. The number of rotatable bonds is 4. The standard InChI is InChI=1S/C14H16Br2N4S/c15-12-8-11(21-13(12)16)9-19-10-2-6-20(7-3-10)14-17-4-1-5-18-14/h1,4-5,8,10,19H,2-3,6-7,9H2. The number of nitrogens with one attached hydrogen (secondary N) is 1. The molecule has 0 radical (unpaired) electrons. The van der Waals surface area contributed by atoms with Gasteiger partial charge < -0.3 is 10.2 Å². The van der Waals surface area contributed by atoms with E-state index in [1.54, 1.807) is 23.7 Å². The summed E-state index contributed by atoms with van der Waals surface area (Å²) in [7, 11) is 0. The van der Waals surface area contributed by atoms with Crippen molar-refractivity contribution in [2.24, 2.45) is 0 Å². The summed E-state index contributed by atoms with van der Waals surface area (Å²) >= 11 is 8.85. The normalized spacial score (nSPS) is 16.4. The molecule has 7 heteroatoms. The van der Waals surface area contributed by atoms with Gasteiger partial charge in [0.25, 0.3) is 0 Å². The van der Waals surface area contributed by atoms with Crippen LogP contribution in [0.4, 0.5) is 5.95 Å². The Morgan fingerprint density at radius 1 is 1.24 bits per heavy atom. The van der Waals surface area contributed by atoms with Gasteiger partial charge in [-0.05, 0) is 56.8 Å². The third-order valence-electron chi connectivity index (χ3n) is 3.59. The number of aromatic nitrogens is 2. The molecule has 21 heavy (non-hydrogen) atoms. The molecule has 0 saturated carbocycles. The van der Waals surface area contributed by atoms with Crippen LogP contribution in [-0.2, 0) is 6.54 Å². The van der Waals surface area contributed by atoms with Gasteiger partial charge in [0.15, 0.2) is 0 Å². The maximum absolute atomic E-state index is 4.32. The van der Waals surface area contributed by atoms with Crippen LogP contribution in [0.15, 0.2) is 32.8 Å². The molecule has 1 aliphatic heterocycles. The van der Waals surface area contributed by atoms with Gasteiger partial charge in [-0.3, -0.25) is 0 Å². The van der Waals surface area contributed by atoms with Crippen LogP contribution in [0.3, 0.4) is 0 Å². The van der Waals surface area contributed by atoms with E-state index in [4.69, 9.17) is 0 Å². The molecule has 0 bridgehead atoms. The van der Waals surface area contributed by atoms with Crippen LogP contribution in [0.25, 0.3) is 0 Å². The zero-order valence-corrected chi connectivity index (χ0v) is 15.4. The summed E-state index contributed by atoms with van der Waals surface area (Å²) in [6.45, 7) is 2.96. The van der Waals surface area contributed by atoms with E-state index in [1.807, 2.05) is 6.07 Å². The number of hydrogen-bond acceptors (Lipinski definition) is 5. The molecule has 3 rings (SSSR count). The Kier molecular flexibility index (Phi) is 5.26. The van der Waals surface area contributed by atoms with Crippen LogP contribution < -0.4 is 10.2 Å². The van der Waals surface area contributed by atoms with Crippen molar-refractivity contribution in [3.63, 3.8) is 0 Å². The van der Waals surface area contributed by atoms with Crippen molar-refractivity contribution in [3.05, 3.63) is 37.7 Å². The molecular weight excluding hydrogens is 416 g/mol. The number of halogens is 2. The second kappa shape index (κ2) is 7.17. The first-order valence-corrected chi connectivity index (χ1v) is 9.31. The smallest absolute Gasteiger partial charge is 0.225 e. The predicted molar refractivity (Wildman–Crippen MR) is 93.8 cm³/mol. The molecule has 112 valence electrons. The second-order valence-corrected chi connectivity index (χ2v) is 8.33. The molecule has 1 aliphatic rings. The summed E-state index contributed by atoms with van der Waals surface area (Å²) in [5.41, 5.74) is 0. The molecule has 1 N–H and O–H groups in total. The number of thiophene rings is 1. The van der Waals surface area contributed by atoms with Gasteiger partial charge in [-0.2, -0.15) is 0 Å². The summed E-state index contributed by atoms with van der Waals surface area (Å²) in [6.07, 6.45) is 5.87. The molecule has 0 spiro atoms. The lowest BCUT2D eigenvalue weighted by Gasteiger charge is -2.32. The van der Waals surface area contributed by atoms with Gasteiger partial charge in [-0.15, -0.1) is 11.3 Å². The Bertz CT molecular complexity index is 562. The van der Waals surface area contributed by atoms with E-state index in [-0.39, 0.29) is 0 Å². The Morgan fingerprint density at radius 3 is 2.57 bits per heavy atom. The van der Waals surface area contributed by atoms with Crippen LogP contribution in [0, 0.1) is 0 Å². The highest BCUT2D eigenvalue weighted by Crippen LogP contribution is 2.32. The van der Waals surface area contributed by atoms with Crippen LogP contribution in [0.1, 0.15) is 17.7 Å². The van der Waals surface area contributed by atoms with E-state index in [0.29, 0.717) is 6.04 Å². The molecule has 0 aromatic carbocycles. The van der Waals surface area contributed by atoms with E-state index in [1.165, 1.54) is 4.88 Å². The van der Waals surface area contributed by atoms with Crippen molar-refractivity contribution in [1.29, 1.82) is 0 Å². The van der Waals surface area contributed by atoms with E-state index < -0.39 is 0 Å². The Balaban J connectivity index is 1.48. The predicted octanol–water partition coefficient (Wildman–Crippen LogP) is 3.82. The third-order valence-corrected chi connectivity index (χ3v) is 6.85. The summed E-state index contributed by atoms with van der Waals surface area (Å²) in [5.74, 6) is 0.849. The molecule has 2 aromatic heterocycles. The average Bonchev–Trinajstić information content (AvgIpc) is 2.85. The molecule has 2 aromatic rings. The lowest BCUT2D eigenvalue weighted by atomic mass is 10.1. The van der Waals surface area contributed by atoms with Crippen molar-refractivity contribution < 1.29 is 0 Å². The van der Waals surface area contributed by atoms with Gasteiger partial charge in [0.2, 0.25) is 5.95 Å². The summed E-state index contributed by atoms with van der Waals surface area (Å²) in [5, 5.41) is 3.65. The van der Waals surface area contributed by atoms with Crippen LogP contribution in [-0.4, -0.2) is 29.1 Å². The number of nitrogens with zero attached hydrogens (tertiary/aromatic N) is 3. The number of anilines is 1. The first-order valence-electron chi connectivity index (χ1n) is 6.91. The molecule has 0 amide bonds. The van der Waals surface area contributed by atoms with Crippen molar-refractivity contribution in [2.75, 3.05) is 18.0 Å². The van der Waals surface area contributed by atoms with Gasteiger partial charge in [0.05, 0.1) is 3.79 Å². The molecule has 0 atom stereocenters. The lowest BCUT2D eigenvalue weighted by molar-refractivity contribution is 0.412. The first kappa shape index (κ1) is 15.4. The molecule has 4 nitrogen and oxygen atoms in total. The quantitative estimate of drug-likeness (QED) is 0.798. The van der Waals surface area contributed by atoms with E-state index >= 15 is 0 Å². The first-order chi connectivity index (χ1) is 10.2. The van der Waals surface area contributed by atoms with Gasteiger partial charge >= 0.3 is 0 Å². The molecular formula is C14H16Br2N4S. The van der Waals surface area contributed by atoms with Crippen LogP contribution in [0.5, 0.6) is 0 Å². The van der Waals surface area contributed by atoms with Crippen molar-refractivity contribution in [1.82, 2.24) is 15.3 Å². The summed E-state index contributed by atoms with van der Waals surface area (Å²) < 4.78 is 2.30. The van der Waals surface area contributed by atoms with Crippen molar-refractivity contribution in [3.8, 4) is 0 Å². The Morgan fingerprint density at radius 2 is 1.95 bits per heavy atom. The number of hydrogen-bond donors (Lipinski definition) is 1. The van der Waals surface area contributed by atoms with Gasteiger partial charge in [-0.25, -0.2) is 9.97 Å². The summed E-state index contributed by atoms with van der Waals surface area (Å²) in [6, 6.07) is 4.61. The topological polar surface area (TPSA) is 41.0 Å². The van der Waals surface area contributed by atoms with Gasteiger partial charge in [0, 0.05) is 47.4 Å². The van der Waals surface area contributed by atoms with E-state index in [2.05, 4.69) is 58.1 Å². The number of piperidine rings is 1. The van der Waals surface area contributed by atoms with E-state index in [0.717, 1.165) is 46.7 Å². The maximum Gasteiger partial charge on any atom is 0.225 e. The molecule has 0 aliphatic carbocycles. The third kappa shape index (κ3) is 4.03. The van der Waals surface area contributed by atoms with Crippen LogP contribution >= 0.6 is 43.2 Å². The minimum Gasteiger partial charge on any atom is -0.341 e. The highest BCUT2D eigenvalue weighted by molar-refractivity contribution is 9.13. The molecule has 1 fully saturated rings. The van der Waals surface area contributed by atoms with Crippen molar-refractivity contribution in [2.45, 2.75) is 25.4 Å². The van der Waals surface area contributed by atoms with Crippen molar-refractivity contribution >= 4 is 49.1 Å². The maximum atomic E-state index is 4.32. The van der Waals surface area contributed by atoms with Gasteiger partial charge in [-0.1, -0.05) is 0 Å². The Hall–Kier alpha value is -0.500. The minimum atomic E-state index is 0.574. The SMILES string of the molecule is Brc1cc(CNC2CCN(c3ncccn3)CC2)sc1Br. The fourth-order valence-corrected chi connectivity index (χ4v) is 4.59. The average molecular weight is 432 g/mol. The Labute approximate surface area is 145 Å². The zero-order valence-electron chi connectivity index (χ0n) is 11.4. The van der Waals surface area contributed by atoms with Crippen LogP contribution in [0.2, 0.25) is 0 Å². The monoisotopic (exact) mass is 430 g/mol. The second-order valence-electron chi connectivity index (χ2n) is 5.03. The highest BCUT2D eigenvalue weighted by atomic mass is 79.9. The highest BCUT2D eigenvalue weighted by Gasteiger charge is 2.20. The lowest BCUT2D eigenvalue weighted by Crippen LogP contribution is -2.42. The van der Waals surface area contributed by atoms with Gasteiger partial charge in [0.1, 0.15) is 0 Å². The fraction of sp³-hybridized carbons (Fsp3) is 0.429. The molecule has 0 unspecified atom stereocenters. The fourth-order valence-electron chi connectivity index (χ4n) is 2.46. The minimum absolute atomic E-state index is 0.574. The summed E-state index contributed by atoms with van der Waals surface area (Å²) in [4.78, 5) is 12.2. The zero-order chi connectivity index (χ0) is 14.7.